The van der Waals surface area contributed by atoms with Gasteiger partial charge in [0.1, 0.15) is 0 Å². The molecule has 0 aromatic rings. The lowest BCUT2D eigenvalue weighted by atomic mass is 9.76. The van der Waals surface area contributed by atoms with Crippen molar-refractivity contribution in [3.63, 3.8) is 0 Å². The first kappa shape index (κ1) is 10.5. The van der Waals surface area contributed by atoms with E-state index in [2.05, 4.69) is 17.6 Å². The van der Waals surface area contributed by atoms with Gasteiger partial charge in [-0.25, -0.2) is 0 Å². The summed E-state index contributed by atoms with van der Waals surface area (Å²) >= 11 is 0. The largest absolute Gasteiger partial charge is 0.356 e. The van der Waals surface area contributed by atoms with Gasteiger partial charge < -0.3 is 10.6 Å². The second-order valence-electron chi connectivity index (χ2n) is 3.74. The van der Waals surface area contributed by atoms with Crippen molar-refractivity contribution < 1.29 is 4.79 Å². The monoisotopic (exact) mass is 184 g/mol. The molecular weight excluding hydrogens is 164 g/mol. The topological polar surface area (TPSA) is 41.1 Å². The van der Waals surface area contributed by atoms with E-state index in [4.69, 9.17) is 0 Å². The van der Waals surface area contributed by atoms with E-state index in [1.165, 1.54) is 0 Å². The molecule has 2 N–H and O–H groups in total. The summed E-state index contributed by atoms with van der Waals surface area (Å²) < 4.78 is 0. The van der Waals surface area contributed by atoms with Crippen molar-refractivity contribution >= 4 is 5.91 Å². The number of rotatable bonds is 3. The van der Waals surface area contributed by atoms with E-state index in [0.717, 1.165) is 38.9 Å². The molecule has 1 saturated heterocycles. The Hall–Kier alpha value is -0.570. The number of carbonyl (C=O) groups excluding carboxylic acids is 1. The Bertz CT molecular complexity index is 174. The van der Waals surface area contributed by atoms with Crippen LogP contribution in [0.4, 0.5) is 0 Å². The van der Waals surface area contributed by atoms with Gasteiger partial charge in [0.05, 0.1) is 5.41 Å². The average molecular weight is 184 g/mol. The fraction of sp³-hybridized carbons (Fsp3) is 0.900. The second kappa shape index (κ2) is 4.61. The lowest BCUT2D eigenvalue weighted by Crippen LogP contribution is -2.47. The highest BCUT2D eigenvalue weighted by molar-refractivity contribution is 5.82. The molecule has 0 radical (unpaired) electrons. The summed E-state index contributed by atoms with van der Waals surface area (Å²) in [6.07, 6.45) is 2.92. The standard InChI is InChI=1S/C10H20N2O/c1-3-10(9(13)12-4-2)5-7-11-8-6-10/h11H,3-8H2,1-2H3,(H,12,13). The highest BCUT2D eigenvalue weighted by atomic mass is 16.2. The predicted octanol–water partition coefficient (Wildman–Crippen LogP) is 0.902. The molecule has 0 bridgehead atoms. The number of hydrogen-bond acceptors (Lipinski definition) is 2. The van der Waals surface area contributed by atoms with Crippen LogP contribution >= 0.6 is 0 Å². The summed E-state index contributed by atoms with van der Waals surface area (Å²) in [6, 6.07) is 0. The number of hydrogen-bond donors (Lipinski definition) is 2. The minimum absolute atomic E-state index is 0.0821. The first-order chi connectivity index (χ1) is 6.25. The van der Waals surface area contributed by atoms with Gasteiger partial charge in [-0.1, -0.05) is 6.92 Å². The molecule has 1 aliphatic rings. The van der Waals surface area contributed by atoms with Gasteiger partial charge in [0.2, 0.25) is 5.91 Å². The summed E-state index contributed by atoms with van der Waals surface area (Å²) in [5.74, 6) is 0.249. The Morgan fingerprint density at radius 2 is 2.00 bits per heavy atom. The van der Waals surface area contributed by atoms with Crippen LogP contribution in [0.1, 0.15) is 33.1 Å². The maximum atomic E-state index is 11.8. The molecule has 0 saturated carbocycles. The molecule has 1 aliphatic heterocycles. The normalized spacial score (nSPS) is 21.1. The molecule has 3 nitrogen and oxygen atoms in total. The van der Waals surface area contributed by atoms with Crippen LogP contribution in [0.2, 0.25) is 0 Å². The number of piperidine rings is 1. The third-order valence-electron chi connectivity index (χ3n) is 3.06. The summed E-state index contributed by atoms with van der Waals surface area (Å²) in [7, 11) is 0. The third-order valence-corrected chi connectivity index (χ3v) is 3.06. The lowest BCUT2D eigenvalue weighted by molar-refractivity contribution is -0.132. The summed E-state index contributed by atoms with van der Waals surface area (Å²) in [5, 5.41) is 6.23. The predicted molar refractivity (Wildman–Crippen MR) is 53.5 cm³/mol. The van der Waals surface area contributed by atoms with Gasteiger partial charge in [0, 0.05) is 6.54 Å². The first-order valence-corrected chi connectivity index (χ1v) is 5.24. The van der Waals surface area contributed by atoms with E-state index in [0.29, 0.717) is 0 Å². The molecule has 0 aromatic heterocycles. The molecular formula is C10H20N2O. The van der Waals surface area contributed by atoms with Crippen LogP contribution in [-0.4, -0.2) is 25.5 Å². The number of carbonyl (C=O) groups is 1. The van der Waals surface area contributed by atoms with Crippen LogP contribution in [-0.2, 0) is 4.79 Å². The Morgan fingerprint density at radius 3 is 2.46 bits per heavy atom. The lowest BCUT2D eigenvalue weighted by Gasteiger charge is -2.35. The van der Waals surface area contributed by atoms with Crippen molar-refractivity contribution in [3.8, 4) is 0 Å². The fourth-order valence-electron chi connectivity index (χ4n) is 1.99. The Morgan fingerprint density at radius 1 is 1.38 bits per heavy atom. The molecule has 0 atom stereocenters. The average Bonchev–Trinajstić information content (AvgIpc) is 2.19. The first-order valence-electron chi connectivity index (χ1n) is 5.24. The van der Waals surface area contributed by atoms with Crippen LogP contribution in [0, 0.1) is 5.41 Å². The van der Waals surface area contributed by atoms with Crippen molar-refractivity contribution in [3.05, 3.63) is 0 Å². The highest BCUT2D eigenvalue weighted by Crippen LogP contribution is 2.32. The van der Waals surface area contributed by atoms with Gasteiger partial charge in [-0.3, -0.25) is 4.79 Å². The quantitative estimate of drug-likeness (QED) is 0.684. The molecule has 3 heteroatoms. The van der Waals surface area contributed by atoms with Crippen LogP contribution < -0.4 is 10.6 Å². The molecule has 0 spiro atoms. The van der Waals surface area contributed by atoms with E-state index in [1.807, 2.05) is 6.92 Å². The molecule has 1 rings (SSSR count). The van der Waals surface area contributed by atoms with Crippen LogP contribution in [0.5, 0.6) is 0 Å². The van der Waals surface area contributed by atoms with Gasteiger partial charge in [-0.05, 0) is 39.3 Å². The van der Waals surface area contributed by atoms with Gasteiger partial charge in [0.25, 0.3) is 0 Å². The summed E-state index contributed by atoms with van der Waals surface area (Å²) in [5.41, 5.74) is -0.0821. The van der Waals surface area contributed by atoms with Crippen molar-refractivity contribution in [1.29, 1.82) is 0 Å². The molecule has 1 heterocycles. The van der Waals surface area contributed by atoms with Crippen molar-refractivity contribution in [2.24, 2.45) is 5.41 Å². The zero-order valence-corrected chi connectivity index (χ0v) is 8.65. The Balaban J connectivity index is 2.61. The van der Waals surface area contributed by atoms with Crippen LogP contribution in [0.25, 0.3) is 0 Å². The third kappa shape index (κ3) is 2.21. The minimum atomic E-state index is -0.0821. The molecule has 1 fully saturated rings. The molecule has 76 valence electrons. The zero-order chi connectivity index (χ0) is 9.73. The molecule has 1 amide bonds. The number of amides is 1. The SMILES string of the molecule is CCNC(=O)C1(CC)CCNCC1. The second-order valence-corrected chi connectivity index (χ2v) is 3.74. The van der Waals surface area contributed by atoms with Crippen LogP contribution in [0.15, 0.2) is 0 Å². The van der Waals surface area contributed by atoms with Crippen molar-refractivity contribution in [2.45, 2.75) is 33.1 Å². The Labute approximate surface area is 80.3 Å². The molecule has 0 unspecified atom stereocenters. The van der Waals surface area contributed by atoms with Gasteiger partial charge in [-0.15, -0.1) is 0 Å². The smallest absolute Gasteiger partial charge is 0.226 e. The van der Waals surface area contributed by atoms with E-state index in [-0.39, 0.29) is 11.3 Å². The van der Waals surface area contributed by atoms with E-state index in [1.54, 1.807) is 0 Å². The summed E-state index contributed by atoms with van der Waals surface area (Å²) in [4.78, 5) is 11.8. The van der Waals surface area contributed by atoms with Crippen molar-refractivity contribution in [1.82, 2.24) is 10.6 Å². The van der Waals surface area contributed by atoms with E-state index < -0.39 is 0 Å². The summed E-state index contributed by atoms with van der Waals surface area (Å²) in [6.45, 7) is 6.78. The van der Waals surface area contributed by atoms with Crippen molar-refractivity contribution in [2.75, 3.05) is 19.6 Å². The van der Waals surface area contributed by atoms with E-state index >= 15 is 0 Å². The molecule has 0 aliphatic carbocycles. The number of nitrogens with one attached hydrogen (secondary N) is 2. The van der Waals surface area contributed by atoms with Gasteiger partial charge in [0.15, 0.2) is 0 Å². The minimum Gasteiger partial charge on any atom is -0.356 e. The van der Waals surface area contributed by atoms with Gasteiger partial charge >= 0.3 is 0 Å². The van der Waals surface area contributed by atoms with E-state index in [9.17, 15) is 4.79 Å². The molecule has 13 heavy (non-hydrogen) atoms. The zero-order valence-electron chi connectivity index (χ0n) is 8.65. The maximum Gasteiger partial charge on any atom is 0.226 e. The molecule has 0 aromatic carbocycles. The van der Waals surface area contributed by atoms with Gasteiger partial charge in [-0.2, -0.15) is 0 Å². The maximum absolute atomic E-state index is 11.8. The fourth-order valence-corrected chi connectivity index (χ4v) is 1.99. The Kier molecular flexibility index (Phi) is 3.72. The van der Waals surface area contributed by atoms with Crippen LogP contribution in [0.3, 0.4) is 0 Å². The highest BCUT2D eigenvalue weighted by Gasteiger charge is 2.37.